The standard InChI is InChI=1S/C37H48N2O9S/c1-35-15-12-26(48-34(42)38-18-20-39(21-19-38)49(44,45)31-7-5-4-6-27(31)33(41)46-3)22-25(35)9-10-30-29(35)13-16-36(2)28(14-17-37(30,36)43)24-8-11-32(40)47-23-24/h4-8,11,23,25-26,28-30,43H,9-10,12-22H2,1-3H3/t25-,26+,28-,29+,30-,35+,36-,37+/m1/s1. The molecule has 5 fully saturated rings. The molecule has 4 saturated carbocycles. The quantitative estimate of drug-likeness (QED) is 0.419. The molecule has 0 spiro atoms. The van der Waals surface area contributed by atoms with Gasteiger partial charge in [-0.2, -0.15) is 4.31 Å². The third kappa shape index (κ3) is 5.53. The molecule has 11 nitrogen and oxygen atoms in total. The van der Waals surface area contributed by atoms with E-state index in [0.717, 1.165) is 63.4 Å². The molecule has 2 heterocycles. The lowest BCUT2D eigenvalue weighted by Gasteiger charge is -2.63. The van der Waals surface area contributed by atoms with E-state index in [4.69, 9.17) is 13.9 Å². The number of ether oxygens (including phenoxy) is 2. The Hall–Kier alpha value is -3.22. The summed E-state index contributed by atoms with van der Waals surface area (Å²) in [4.78, 5) is 38.6. The van der Waals surface area contributed by atoms with Crippen molar-refractivity contribution < 1.29 is 37.0 Å². The molecule has 4 aliphatic carbocycles. The van der Waals surface area contributed by atoms with Crippen LogP contribution in [0.1, 0.15) is 93.5 Å². The van der Waals surface area contributed by atoms with Gasteiger partial charge in [-0.15, -0.1) is 0 Å². The summed E-state index contributed by atoms with van der Waals surface area (Å²) in [6, 6.07) is 9.34. The van der Waals surface area contributed by atoms with Gasteiger partial charge in [0.15, 0.2) is 0 Å². The van der Waals surface area contributed by atoms with Crippen LogP contribution < -0.4 is 5.63 Å². The van der Waals surface area contributed by atoms with E-state index in [9.17, 15) is 27.9 Å². The zero-order valence-corrected chi connectivity index (χ0v) is 29.5. The molecule has 1 amide bonds. The number of fused-ring (bicyclic) bond motifs is 5. The monoisotopic (exact) mass is 696 g/mol. The van der Waals surface area contributed by atoms with Crippen LogP contribution in [-0.2, 0) is 19.5 Å². The second-order valence-electron chi connectivity index (χ2n) is 15.5. The highest BCUT2D eigenvalue weighted by Crippen LogP contribution is 2.70. The number of hydrogen-bond acceptors (Lipinski definition) is 9. The van der Waals surface area contributed by atoms with Gasteiger partial charge in [-0.3, -0.25) is 0 Å². The highest BCUT2D eigenvalue weighted by atomic mass is 32.2. The minimum absolute atomic E-state index is 0.0163. The fourth-order valence-electron chi connectivity index (χ4n) is 10.8. The van der Waals surface area contributed by atoms with Crippen LogP contribution in [-0.4, -0.2) is 79.8 Å². The molecule has 1 saturated heterocycles. The molecule has 0 radical (unpaired) electrons. The van der Waals surface area contributed by atoms with E-state index in [-0.39, 0.29) is 71.0 Å². The fourth-order valence-corrected chi connectivity index (χ4v) is 12.4. The fraction of sp³-hybridized carbons (Fsp3) is 0.649. The Morgan fingerprint density at radius 2 is 1.67 bits per heavy atom. The summed E-state index contributed by atoms with van der Waals surface area (Å²) in [7, 11) is -2.75. The third-order valence-corrected chi connectivity index (χ3v) is 15.6. The summed E-state index contributed by atoms with van der Waals surface area (Å²) in [6.07, 6.45) is 9.01. The molecule has 8 atom stereocenters. The maximum atomic E-state index is 13.4. The second-order valence-corrected chi connectivity index (χ2v) is 17.4. The van der Waals surface area contributed by atoms with Gasteiger partial charge in [-0.05, 0) is 111 Å². The van der Waals surface area contributed by atoms with E-state index in [1.54, 1.807) is 23.3 Å². The van der Waals surface area contributed by atoms with Gasteiger partial charge < -0.3 is 23.9 Å². The smallest absolute Gasteiger partial charge is 0.410 e. The largest absolute Gasteiger partial charge is 0.465 e. The molecule has 12 heteroatoms. The average Bonchev–Trinajstić information content (AvgIpc) is 3.39. The maximum Gasteiger partial charge on any atom is 0.410 e. The van der Waals surface area contributed by atoms with Crippen molar-refractivity contribution in [2.75, 3.05) is 33.3 Å². The van der Waals surface area contributed by atoms with Gasteiger partial charge in [0, 0.05) is 37.7 Å². The van der Waals surface area contributed by atoms with Crippen LogP contribution in [0.3, 0.4) is 0 Å². The van der Waals surface area contributed by atoms with E-state index in [1.165, 1.54) is 29.6 Å². The zero-order valence-electron chi connectivity index (χ0n) is 28.6. The Kier molecular flexibility index (Phi) is 8.75. The predicted molar refractivity (Wildman–Crippen MR) is 179 cm³/mol. The number of methoxy groups -OCH3 is 1. The first kappa shape index (κ1) is 34.2. The molecule has 1 aliphatic heterocycles. The number of benzene rings is 1. The number of amides is 1. The van der Waals surface area contributed by atoms with Crippen LogP contribution in [0.2, 0.25) is 0 Å². The van der Waals surface area contributed by atoms with Crippen molar-refractivity contribution in [2.24, 2.45) is 28.6 Å². The lowest BCUT2D eigenvalue weighted by Crippen LogP contribution is -2.62. The zero-order chi connectivity index (χ0) is 34.8. The number of hydrogen-bond donors (Lipinski definition) is 1. The van der Waals surface area contributed by atoms with E-state index < -0.39 is 27.7 Å². The van der Waals surface area contributed by atoms with Crippen LogP contribution in [0.4, 0.5) is 4.79 Å². The second kappa shape index (κ2) is 12.5. The lowest BCUT2D eigenvalue weighted by molar-refractivity contribution is -0.205. The number of nitrogens with zero attached hydrogens (tertiary/aromatic N) is 2. The Balaban J connectivity index is 0.966. The summed E-state index contributed by atoms with van der Waals surface area (Å²) < 4.78 is 44.3. The highest BCUT2D eigenvalue weighted by Gasteiger charge is 2.67. The Morgan fingerprint density at radius 3 is 2.39 bits per heavy atom. The van der Waals surface area contributed by atoms with Gasteiger partial charge in [-0.1, -0.05) is 26.0 Å². The Bertz CT molecular complexity index is 1750. The number of piperazine rings is 1. The van der Waals surface area contributed by atoms with Crippen molar-refractivity contribution in [1.82, 2.24) is 9.21 Å². The van der Waals surface area contributed by atoms with Crippen molar-refractivity contribution in [3.8, 4) is 0 Å². The Labute approximate surface area is 288 Å². The molecule has 0 bridgehead atoms. The van der Waals surface area contributed by atoms with Gasteiger partial charge in [0.25, 0.3) is 0 Å². The van der Waals surface area contributed by atoms with Gasteiger partial charge >= 0.3 is 17.7 Å². The normalized spacial score (nSPS) is 36.2. The minimum atomic E-state index is -3.97. The molecule has 266 valence electrons. The van der Waals surface area contributed by atoms with Gasteiger partial charge in [0.2, 0.25) is 10.0 Å². The van der Waals surface area contributed by atoms with E-state index >= 15 is 0 Å². The Morgan fingerprint density at radius 1 is 0.918 bits per heavy atom. The third-order valence-electron chi connectivity index (χ3n) is 13.6. The molecule has 5 aliphatic rings. The van der Waals surface area contributed by atoms with Crippen molar-refractivity contribution in [3.05, 3.63) is 64.2 Å². The molecular formula is C37H48N2O9S. The van der Waals surface area contributed by atoms with Crippen LogP contribution >= 0.6 is 0 Å². The predicted octanol–water partition coefficient (Wildman–Crippen LogP) is 5.18. The summed E-state index contributed by atoms with van der Waals surface area (Å²) in [5.41, 5.74) is -0.362. The van der Waals surface area contributed by atoms with Gasteiger partial charge in [0.05, 0.1) is 29.4 Å². The minimum Gasteiger partial charge on any atom is -0.465 e. The van der Waals surface area contributed by atoms with Crippen LogP contribution in [0, 0.1) is 28.6 Å². The summed E-state index contributed by atoms with van der Waals surface area (Å²) in [5.74, 6) is 0.433. The highest BCUT2D eigenvalue weighted by molar-refractivity contribution is 7.89. The molecule has 7 rings (SSSR count). The first-order chi connectivity index (χ1) is 23.3. The van der Waals surface area contributed by atoms with Crippen LogP contribution in [0.5, 0.6) is 0 Å². The number of carbonyl (C=O) groups excluding carboxylic acids is 2. The molecule has 2 aromatic rings. The SMILES string of the molecule is COC(=O)c1ccccc1S(=O)(=O)N1CCN(C(=O)O[C@H]2CC[C@@]3(C)[C@H](CC[C@@H]4[C@@H]3CC[C@]3(C)[C@@H](c5ccc(=O)oc5)CC[C@]43O)C2)CC1. The summed E-state index contributed by atoms with van der Waals surface area (Å²) >= 11 is 0. The first-order valence-corrected chi connectivity index (χ1v) is 19.2. The summed E-state index contributed by atoms with van der Waals surface area (Å²) in [5, 5.41) is 12.5. The van der Waals surface area contributed by atoms with Crippen molar-refractivity contribution in [2.45, 2.75) is 94.2 Å². The van der Waals surface area contributed by atoms with Crippen molar-refractivity contribution in [1.29, 1.82) is 0 Å². The lowest BCUT2D eigenvalue weighted by atomic mass is 9.43. The maximum absolute atomic E-state index is 13.4. The molecule has 1 N–H and O–H groups in total. The average molecular weight is 697 g/mol. The van der Waals surface area contributed by atoms with E-state index in [1.807, 2.05) is 6.07 Å². The number of rotatable bonds is 5. The molecule has 0 unspecified atom stereocenters. The van der Waals surface area contributed by atoms with Crippen LogP contribution in [0.15, 0.2) is 56.8 Å². The number of sulfonamides is 1. The summed E-state index contributed by atoms with van der Waals surface area (Å²) in [6.45, 7) is 5.24. The first-order valence-electron chi connectivity index (χ1n) is 17.8. The molecule has 1 aromatic carbocycles. The number of esters is 1. The number of aliphatic hydroxyl groups is 1. The van der Waals surface area contributed by atoms with Crippen molar-refractivity contribution in [3.63, 3.8) is 0 Å². The van der Waals surface area contributed by atoms with E-state index in [2.05, 4.69) is 13.8 Å². The van der Waals surface area contributed by atoms with Crippen LogP contribution in [0.25, 0.3) is 0 Å². The van der Waals surface area contributed by atoms with Gasteiger partial charge in [-0.25, -0.2) is 22.8 Å². The molecular weight excluding hydrogens is 648 g/mol. The van der Waals surface area contributed by atoms with E-state index in [0.29, 0.717) is 11.8 Å². The molecule has 49 heavy (non-hydrogen) atoms. The van der Waals surface area contributed by atoms with Crippen molar-refractivity contribution >= 4 is 22.1 Å². The number of carbonyl (C=O) groups is 2. The van der Waals surface area contributed by atoms with Gasteiger partial charge in [0.1, 0.15) is 6.10 Å². The topological polar surface area (TPSA) is 144 Å². The molecule has 1 aromatic heterocycles.